The molecule has 0 atom stereocenters. The first-order chi connectivity index (χ1) is 11.3. The summed E-state index contributed by atoms with van der Waals surface area (Å²) in [5.74, 6) is 1.88. The Kier molecular flexibility index (Phi) is 3.69. The molecule has 0 aromatic carbocycles. The van der Waals surface area contributed by atoms with Gasteiger partial charge in [0.05, 0.1) is 18.8 Å². The summed E-state index contributed by atoms with van der Waals surface area (Å²) >= 11 is 0. The summed E-state index contributed by atoms with van der Waals surface area (Å²) in [6.45, 7) is 1.93. The molecule has 2 aromatic heterocycles. The average molecular weight is 312 g/mol. The van der Waals surface area contributed by atoms with Crippen LogP contribution in [0.4, 0.5) is 4.79 Å². The maximum Gasteiger partial charge on any atom is 0.318 e. The molecule has 1 fully saturated rings. The van der Waals surface area contributed by atoms with Gasteiger partial charge in [0, 0.05) is 25.2 Å². The quantitative estimate of drug-likeness (QED) is 0.907. The lowest BCUT2D eigenvalue weighted by molar-refractivity contribution is 0.190. The van der Waals surface area contributed by atoms with E-state index in [0.29, 0.717) is 19.1 Å². The summed E-state index contributed by atoms with van der Waals surface area (Å²) in [5.41, 5.74) is 0.915. The van der Waals surface area contributed by atoms with Crippen molar-refractivity contribution in [3.8, 4) is 0 Å². The summed E-state index contributed by atoms with van der Waals surface area (Å²) < 4.78 is 2.11. The van der Waals surface area contributed by atoms with E-state index in [4.69, 9.17) is 0 Å². The van der Waals surface area contributed by atoms with E-state index in [2.05, 4.69) is 25.1 Å². The lowest BCUT2D eigenvalue weighted by atomic mass is 10.3. The van der Waals surface area contributed by atoms with E-state index >= 15 is 0 Å². The number of carbonyl (C=O) groups is 1. The minimum Gasteiger partial charge on any atom is -0.331 e. The third-order valence-corrected chi connectivity index (χ3v) is 4.39. The summed E-state index contributed by atoms with van der Waals surface area (Å²) in [5, 5.41) is 11.3. The fourth-order valence-electron chi connectivity index (χ4n) is 3.02. The van der Waals surface area contributed by atoms with Crippen LogP contribution in [-0.4, -0.2) is 36.7 Å². The second kappa shape index (κ2) is 5.98. The van der Waals surface area contributed by atoms with Crippen molar-refractivity contribution in [1.82, 2.24) is 30.0 Å². The lowest BCUT2D eigenvalue weighted by Gasteiger charge is -2.22. The first-order valence-electron chi connectivity index (χ1n) is 8.16. The van der Waals surface area contributed by atoms with Crippen LogP contribution in [0, 0.1) is 0 Å². The molecule has 7 heteroatoms. The normalized spacial score (nSPS) is 16.2. The average Bonchev–Trinajstić information content (AvgIpc) is 3.18. The van der Waals surface area contributed by atoms with E-state index in [1.807, 2.05) is 23.1 Å². The predicted octanol–water partition coefficient (Wildman–Crippen LogP) is 1.49. The Bertz CT molecular complexity index is 694. The predicted molar refractivity (Wildman–Crippen MR) is 83.4 cm³/mol. The Morgan fingerprint density at radius 3 is 3.04 bits per heavy atom. The first-order valence-corrected chi connectivity index (χ1v) is 8.16. The van der Waals surface area contributed by atoms with Crippen molar-refractivity contribution in [3.63, 3.8) is 0 Å². The van der Waals surface area contributed by atoms with E-state index in [9.17, 15) is 4.79 Å². The number of amides is 2. The van der Waals surface area contributed by atoms with Crippen molar-refractivity contribution >= 4 is 6.03 Å². The second-order valence-corrected chi connectivity index (χ2v) is 6.13. The largest absolute Gasteiger partial charge is 0.331 e. The van der Waals surface area contributed by atoms with Crippen LogP contribution in [0.25, 0.3) is 0 Å². The molecule has 2 aliphatic rings. The molecular weight excluding hydrogens is 292 g/mol. The van der Waals surface area contributed by atoms with E-state index in [-0.39, 0.29) is 6.03 Å². The molecule has 2 aromatic rings. The molecule has 1 aliphatic carbocycles. The standard InChI is InChI=1S/C16H20N6O/c23-16(18-10-15-20-19-14-5-3-9-21(14)15)22(13-6-7-13)11-12-4-1-2-8-17-12/h1-2,4,8,13H,3,5-7,9-11H2,(H,18,23). The number of nitrogens with zero attached hydrogens (tertiary/aromatic N) is 5. The zero-order valence-corrected chi connectivity index (χ0v) is 13.0. The Morgan fingerprint density at radius 2 is 2.26 bits per heavy atom. The van der Waals surface area contributed by atoms with Crippen molar-refractivity contribution < 1.29 is 4.79 Å². The molecule has 0 bridgehead atoms. The number of hydrogen-bond acceptors (Lipinski definition) is 4. The number of hydrogen-bond donors (Lipinski definition) is 1. The van der Waals surface area contributed by atoms with Gasteiger partial charge in [-0.3, -0.25) is 4.98 Å². The van der Waals surface area contributed by atoms with E-state index in [1.54, 1.807) is 6.20 Å². The molecule has 1 N–H and O–H groups in total. The monoisotopic (exact) mass is 312 g/mol. The number of rotatable bonds is 5. The number of aryl methyl sites for hydroxylation is 1. The zero-order chi connectivity index (χ0) is 15.6. The Morgan fingerprint density at radius 1 is 1.35 bits per heavy atom. The smallest absolute Gasteiger partial charge is 0.318 e. The van der Waals surface area contributed by atoms with Gasteiger partial charge < -0.3 is 14.8 Å². The molecule has 0 saturated heterocycles. The Labute approximate surface area is 134 Å². The summed E-state index contributed by atoms with van der Waals surface area (Å²) in [6, 6.07) is 6.07. The van der Waals surface area contributed by atoms with Crippen molar-refractivity contribution in [2.24, 2.45) is 0 Å². The minimum atomic E-state index is -0.0477. The van der Waals surface area contributed by atoms with Gasteiger partial charge in [0.15, 0.2) is 5.82 Å². The van der Waals surface area contributed by atoms with Crippen LogP contribution < -0.4 is 5.32 Å². The number of aromatic nitrogens is 4. The fourth-order valence-corrected chi connectivity index (χ4v) is 3.02. The minimum absolute atomic E-state index is 0.0477. The van der Waals surface area contributed by atoms with Crippen LogP contribution in [-0.2, 0) is 26.1 Å². The highest BCUT2D eigenvalue weighted by Gasteiger charge is 2.33. The van der Waals surface area contributed by atoms with Gasteiger partial charge in [0.25, 0.3) is 0 Å². The van der Waals surface area contributed by atoms with E-state index < -0.39 is 0 Å². The van der Waals surface area contributed by atoms with Crippen LogP contribution in [0.5, 0.6) is 0 Å². The van der Waals surface area contributed by atoms with Crippen molar-refractivity contribution in [3.05, 3.63) is 41.7 Å². The maximum absolute atomic E-state index is 12.6. The highest BCUT2D eigenvalue weighted by molar-refractivity contribution is 5.74. The van der Waals surface area contributed by atoms with Gasteiger partial charge in [-0.2, -0.15) is 0 Å². The summed E-state index contributed by atoms with van der Waals surface area (Å²) in [4.78, 5) is 18.8. The molecule has 1 saturated carbocycles. The van der Waals surface area contributed by atoms with Crippen LogP contribution in [0.2, 0.25) is 0 Å². The van der Waals surface area contributed by atoms with Crippen LogP contribution in [0.3, 0.4) is 0 Å². The molecule has 120 valence electrons. The molecule has 0 unspecified atom stereocenters. The number of nitrogens with one attached hydrogen (secondary N) is 1. The van der Waals surface area contributed by atoms with E-state index in [0.717, 1.165) is 49.6 Å². The number of fused-ring (bicyclic) bond motifs is 1. The summed E-state index contributed by atoms with van der Waals surface area (Å²) in [6.07, 6.45) is 5.99. The molecule has 0 spiro atoms. The topological polar surface area (TPSA) is 75.9 Å². The van der Waals surface area contributed by atoms with Gasteiger partial charge in [0.2, 0.25) is 0 Å². The SMILES string of the molecule is O=C(NCc1nnc2n1CCC2)N(Cc1ccccn1)C1CC1. The fraction of sp³-hybridized carbons (Fsp3) is 0.500. The molecule has 1 aliphatic heterocycles. The molecule has 7 nitrogen and oxygen atoms in total. The van der Waals surface area contributed by atoms with Crippen molar-refractivity contribution in [1.29, 1.82) is 0 Å². The number of carbonyl (C=O) groups excluding carboxylic acids is 1. The van der Waals surface area contributed by atoms with Crippen molar-refractivity contribution in [2.75, 3.05) is 0 Å². The lowest BCUT2D eigenvalue weighted by Crippen LogP contribution is -2.41. The first kappa shape index (κ1) is 14.2. The van der Waals surface area contributed by atoms with Crippen LogP contribution in [0.1, 0.15) is 36.6 Å². The van der Waals surface area contributed by atoms with Gasteiger partial charge in [0.1, 0.15) is 5.82 Å². The molecule has 4 rings (SSSR count). The number of urea groups is 1. The zero-order valence-electron chi connectivity index (χ0n) is 13.0. The van der Waals surface area contributed by atoms with Gasteiger partial charge >= 0.3 is 6.03 Å². The van der Waals surface area contributed by atoms with Gasteiger partial charge in [-0.05, 0) is 31.4 Å². The third kappa shape index (κ3) is 3.04. The molecular formula is C16H20N6O. The van der Waals surface area contributed by atoms with Gasteiger partial charge in [-0.1, -0.05) is 6.07 Å². The molecule has 2 amide bonds. The molecule has 0 radical (unpaired) electrons. The highest BCUT2D eigenvalue weighted by atomic mass is 16.2. The van der Waals surface area contributed by atoms with Crippen LogP contribution in [0.15, 0.2) is 24.4 Å². The summed E-state index contributed by atoms with van der Waals surface area (Å²) in [7, 11) is 0. The van der Waals surface area contributed by atoms with Crippen molar-refractivity contribution in [2.45, 2.75) is 51.4 Å². The highest BCUT2D eigenvalue weighted by Crippen LogP contribution is 2.28. The molecule has 3 heterocycles. The Balaban J connectivity index is 1.40. The maximum atomic E-state index is 12.6. The third-order valence-electron chi connectivity index (χ3n) is 4.39. The van der Waals surface area contributed by atoms with Crippen LogP contribution >= 0.6 is 0 Å². The second-order valence-electron chi connectivity index (χ2n) is 6.13. The Hall–Kier alpha value is -2.44. The molecule has 23 heavy (non-hydrogen) atoms. The van der Waals surface area contributed by atoms with Gasteiger partial charge in [-0.15, -0.1) is 10.2 Å². The number of pyridine rings is 1. The van der Waals surface area contributed by atoms with Gasteiger partial charge in [-0.25, -0.2) is 4.79 Å². The van der Waals surface area contributed by atoms with E-state index in [1.165, 1.54) is 0 Å².